The molecule has 2 heteroatoms. The van der Waals surface area contributed by atoms with Crippen molar-refractivity contribution in [2.75, 3.05) is 5.73 Å². The maximum atomic E-state index is 13.7. The zero-order valence-corrected chi connectivity index (χ0v) is 11.9. The van der Waals surface area contributed by atoms with Gasteiger partial charge < -0.3 is 5.73 Å². The Hall–Kier alpha value is -3.05. The molecule has 0 heterocycles. The summed E-state index contributed by atoms with van der Waals surface area (Å²) in [5.41, 5.74) is 9.44. The Morgan fingerprint density at radius 2 is 1.36 bits per heavy atom. The highest BCUT2D eigenvalue weighted by Gasteiger charge is 2.02. The molecule has 0 aliphatic rings. The van der Waals surface area contributed by atoms with E-state index in [4.69, 9.17) is 5.73 Å². The Bertz CT molecular complexity index is 820. The van der Waals surface area contributed by atoms with Gasteiger partial charge in [-0.1, -0.05) is 60.4 Å². The van der Waals surface area contributed by atoms with Gasteiger partial charge in [-0.2, -0.15) is 0 Å². The summed E-state index contributed by atoms with van der Waals surface area (Å²) >= 11 is 0. The van der Waals surface area contributed by atoms with E-state index in [1.165, 1.54) is 6.07 Å². The molecule has 0 spiro atoms. The Balaban J connectivity index is 1.88. The number of hydrogen-bond donors (Lipinski definition) is 1. The van der Waals surface area contributed by atoms with Crippen LogP contribution in [0.4, 0.5) is 10.1 Å². The predicted octanol–water partition coefficient (Wildman–Crippen LogP) is 4.47. The normalized spacial score (nSPS) is 9.86. The summed E-state index contributed by atoms with van der Waals surface area (Å²) in [5.74, 6) is 5.36. The molecule has 0 aliphatic heterocycles. The van der Waals surface area contributed by atoms with Gasteiger partial charge in [0, 0.05) is 5.56 Å². The van der Waals surface area contributed by atoms with E-state index in [2.05, 4.69) is 24.0 Å². The number of nitrogens with two attached hydrogens (primary N) is 1. The van der Waals surface area contributed by atoms with Crippen LogP contribution < -0.4 is 5.73 Å². The zero-order valence-electron chi connectivity index (χ0n) is 11.9. The highest BCUT2D eigenvalue weighted by atomic mass is 19.1. The van der Waals surface area contributed by atoms with Crippen LogP contribution in [0.25, 0.3) is 11.1 Å². The lowest BCUT2D eigenvalue weighted by Gasteiger charge is -2.01. The maximum Gasteiger partial charge on any atom is 0.140 e. The molecule has 2 N–H and O–H groups in total. The number of halogens is 1. The van der Waals surface area contributed by atoms with Gasteiger partial charge in [-0.3, -0.25) is 0 Å². The molecule has 0 aromatic heterocycles. The van der Waals surface area contributed by atoms with Gasteiger partial charge in [0.1, 0.15) is 5.82 Å². The van der Waals surface area contributed by atoms with Crippen LogP contribution in [0.15, 0.2) is 72.8 Å². The third kappa shape index (κ3) is 2.99. The van der Waals surface area contributed by atoms with E-state index < -0.39 is 5.82 Å². The first-order chi connectivity index (χ1) is 10.7. The Morgan fingerprint density at radius 1 is 0.682 bits per heavy atom. The van der Waals surface area contributed by atoms with E-state index in [0.29, 0.717) is 5.69 Å². The van der Waals surface area contributed by atoms with E-state index in [-0.39, 0.29) is 5.56 Å². The molecule has 3 aromatic rings. The monoisotopic (exact) mass is 287 g/mol. The Labute approximate surface area is 129 Å². The van der Waals surface area contributed by atoms with Crippen LogP contribution in [0, 0.1) is 17.7 Å². The average molecular weight is 287 g/mol. The molecule has 106 valence electrons. The van der Waals surface area contributed by atoms with Crippen molar-refractivity contribution in [1.82, 2.24) is 0 Å². The largest absolute Gasteiger partial charge is 0.398 e. The number of nitrogen functional groups attached to an aromatic ring is 1. The van der Waals surface area contributed by atoms with E-state index in [1.54, 1.807) is 12.1 Å². The van der Waals surface area contributed by atoms with Crippen molar-refractivity contribution in [1.29, 1.82) is 0 Å². The quantitative estimate of drug-likeness (QED) is 0.518. The van der Waals surface area contributed by atoms with E-state index in [1.807, 2.05) is 42.5 Å². The number of rotatable bonds is 1. The highest BCUT2D eigenvalue weighted by molar-refractivity contribution is 5.64. The van der Waals surface area contributed by atoms with Crippen LogP contribution in [0.2, 0.25) is 0 Å². The SMILES string of the molecule is Nc1cccc(F)c1C#Cc1ccc(-c2ccccc2)cc1. The van der Waals surface area contributed by atoms with Gasteiger partial charge in [0.25, 0.3) is 0 Å². The number of hydrogen-bond acceptors (Lipinski definition) is 1. The fourth-order valence-corrected chi connectivity index (χ4v) is 2.18. The van der Waals surface area contributed by atoms with Gasteiger partial charge in [-0.25, -0.2) is 4.39 Å². The van der Waals surface area contributed by atoms with Crippen molar-refractivity contribution in [3.05, 3.63) is 89.7 Å². The fraction of sp³-hybridized carbons (Fsp3) is 0. The van der Waals surface area contributed by atoms with Gasteiger partial charge in [-0.15, -0.1) is 0 Å². The van der Waals surface area contributed by atoms with E-state index >= 15 is 0 Å². The molecule has 0 saturated heterocycles. The summed E-state index contributed by atoms with van der Waals surface area (Å²) in [6.07, 6.45) is 0. The molecule has 3 rings (SSSR count). The molecule has 0 bridgehead atoms. The van der Waals surface area contributed by atoms with E-state index in [0.717, 1.165) is 16.7 Å². The van der Waals surface area contributed by atoms with Crippen LogP contribution in [0.1, 0.15) is 11.1 Å². The molecule has 0 amide bonds. The van der Waals surface area contributed by atoms with Crippen LogP contribution in [0.3, 0.4) is 0 Å². The summed E-state index contributed by atoms with van der Waals surface area (Å²) in [6.45, 7) is 0. The van der Waals surface area contributed by atoms with Gasteiger partial charge in [0.05, 0.1) is 11.3 Å². The van der Waals surface area contributed by atoms with E-state index in [9.17, 15) is 4.39 Å². The molecule has 0 fully saturated rings. The Morgan fingerprint density at radius 3 is 2.05 bits per heavy atom. The molecule has 0 saturated carbocycles. The van der Waals surface area contributed by atoms with Gasteiger partial charge in [0.15, 0.2) is 0 Å². The first kappa shape index (κ1) is 13.9. The zero-order chi connectivity index (χ0) is 15.4. The third-order valence-electron chi connectivity index (χ3n) is 3.37. The van der Waals surface area contributed by atoms with Crippen molar-refractivity contribution in [3.8, 4) is 23.0 Å². The molecule has 0 atom stereocenters. The summed E-state index contributed by atoms with van der Waals surface area (Å²) in [4.78, 5) is 0. The summed E-state index contributed by atoms with van der Waals surface area (Å²) < 4.78 is 13.7. The molecule has 0 unspecified atom stereocenters. The second-order valence-electron chi connectivity index (χ2n) is 4.90. The molecule has 3 aromatic carbocycles. The molecule has 0 aliphatic carbocycles. The van der Waals surface area contributed by atoms with Crippen molar-refractivity contribution >= 4 is 5.69 Å². The van der Waals surface area contributed by atoms with Crippen LogP contribution in [-0.4, -0.2) is 0 Å². The molecular weight excluding hydrogens is 273 g/mol. The van der Waals surface area contributed by atoms with Gasteiger partial charge in [-0.05, 0) is 35.4 Å². The minimum atomic E-state index is -0.395. The predicted molar refractivity (Wildman–Crippen MR) is 88.7 cm³/mol. The summed E-state index contributed by atoms with van der Waals surface area (Å²) in [7, 11) is 0. The first-order valence-electron chi connectivity index (χ1n) is 6.95. The topological polar surface area (TPSA) is 26.0 Å². The second kappa shape index (κ2) is 6.15. The minimum absolute atomic E-state index is 0.245. The van der Waals surface area contributed by atoms with Crippen LogP contribution in [0.5, 0.6) is 0 Å². The lowest BCUT2D eigenvalue weighted by molar-refractivity contribution is 0.625. The third-order valence-corrected chi connectivity index (χ3v) is 3.37. The van der Waals surface area contributed by atoms with Crippen molar-refractivity contribution in [2.24, 2.45) is 0 Å². The molecule has 0 radical (unpaired) electrons. The van der Waals surface area contributed by atoms with Crippen molar-refractivity contribution < 1.29 is 4.39 Å². The fourth-order valence-electron chi connectivity index (χ4n) is 2.18. The standard InChI is InChI=1S/C20H14FN/c21-19-7-4-8-20(22)18(19)14-11-15-9-12-17(13-10-15)16-5-2-1-3-6-16/h1-10,12-13H,22H2. The van der Waals surface area contributed by atoms with Crippen LogP contribution >= 0.6 is 0 Å². The van der Waals surface area contributed by atoms with Crippen molar-refractivity contribution in [3.63, 3.8) is 0 Å². The summed E-state index contributed by atoms with van der Waals surface area (Å²) in [6, 6.07) is 22.5. The second-order valence-corrected chi connectivity index (χ2v) is 4.90. The smallest absolute Gasteiger partial charge is 0.140 e. The molecular formula is C20H14FN. The summed E-state index contributed by atoms with van der Waals surface area (Å²) in [5, 5.41) is 0. The highest BCUT2D eigenvalue weighted by Crippen LogP contribution is 2.19. The number of benzene rings is 3. The average Bonchev–Trinajstić information content (AvgIpc) is 2.56. The maximum absolute atomic E-state index is 13.7. The Kier molecular flexibility index (Phi) is 3.89. The molecule has 1 nitrogen and oxygen atoms in total. The lowest BCUT2D eigenvalue weighted by atomic mass is 10.0. The van der Waals surface area contributed by atoms with Crippen LogP contribution in [-0.2, 0) is 0 Å². The van der Waals surface area contributed by atoms with Crippen molar-refractivity contribution in [2.45, 2.75) is 0 Å². The molecule has 22 heavy (non-hydrogen) atoms. The first-order valence-corrected chi connectivity index (χ1v) is 6.95. The van der Waals surface area contributed by atoms with Gasteiger partial charge in [0.2, 0.25) is 0 Å². The number of anilines is 1. The minimum Gasteiger partial charge on any atom is -0.398 e. The lowest BCUT2D eigenvalue weighted by Crippen LogP contribution is -1.93. The van der Waals surface area contributed by atoms with Gasteiger partial charge >= 0.3 is 0 Å².